The van der Waals surface area contributed by atoms with Gasteiger partial charge in [-0.1, -0.05) is 12.1 Å². The molecule has 0 aliphatic carbocycles. The molecule has 0 aliphatic heterocycles. The quantitative estimate of drug-likeness (QED) is 0.333. The molecule has 0 aliphatic rings. The van der Waals surface area contributed by atoms with Crippen LogP contribution < -0.4 is 20.5 Å². The highest BCUT2D eigenvalue weighted by Gasteiger charge is 2.17. The molecule has 3 heterocycles. The zero-order valence-electron chi connectivity index (χ0n) is 17.5. The molecule has 0 spiro atoms. The van der Waals surface area contributed by atoms with Gasteiger partial charge in [-0.2, -0.15) is 0 Å². The zero-order valence-corrected chi connectivity index (χ0v) is 18.3. The zero-order chi connectivity index (χ0) is 22.7. The number of thiophene rings is 1. The Hall–Kier alpha value is -3.70. The molecule has 32 heavy (non-hydrogen) atoms. The Bertz CT molecular complexity index is 1270. The molecular formula is C21H22N6O4S. The van der Waals surface area contributed by atoms with Gasteiger partial charge in [-0.15, -0.1) is 21.5 Å². The summed E-state index contributed by atoms with van der Waals surface area (Å²) in [5.41, 5.74) is 8.78. The predicted octanol–water partition coefficient (Wildman–Crippen LogP) is 2.94. The molecule has 0 saturated heterocycles. The van der Waals surface area contributed by atoms with E-state index in [1.54, 1.807) is 0 Å². The van der Waals surface area contributed by atoms with Crippen LogP contribution in [0, 0.1) is 13.8 Å². The number of hydrogen-bond acceptors (Lipinski definition) is 9. The third-order valence-electron chi connectivity index (χ3n) is 4.70. The second-order valence-electron chi connectivity index (χ2n) is 7.04. The monoisotopic (exact) mass is 454 g/mol. The number of amides is 1. The van der Waals surface area contributed by atoms with E-state index in [0.717, 1.165) is 22.5 Å². The van der Waals surface area contributed by atoms with Gasteiger partial charge in [-0.05, 0) is 30.9 Å². The fourth-order valence-electron chi connectivity index (χ4n) is 3.11. The number of hydrogen-bond donors (Lipinski definition) is 4. The van der Waals surface area contributed by atoms with Crippen LogP contribution in [0.1, 0.15) is 17.0 Å². The molecule has 3 aromatic heterocycles. The van der Waals surface area contributed by atoms with Crippen molar-refractivity contribution in [2.24, 2.45) is 0 Å². The van der Waals surface area contributed by atoms with Crippen LogP contribution in [0.4, 0.5) is 10.6 Å². The first-order valence-electron chi connectivity index (χ1n) is 9.80. The van der Waals surface area contributed by atoms with Crippen molar-refractivity contribution in [3.05, 3.63) is 46.7 Å². The van der Waals surface area contributed by atoms with Gasteiger partial charge in [0.25, 0.3) is 0 Å². The Morgan fingerprint density at radius 1 is 1.28 bits per heavy atom. The summed E-state index contributed by atoms with van der Waals surface area (Å²) in [7, 11) is 0. The molecule has 1 aromatic carbocycles. The summed E-state index contributed by atoms with van der Waals surface area (Å²) in [5.74, 6) is 2.73. The number of anilines is 1. The number of aryl methyl sites for hydroxylation is 2. The summed E-state index contributed by atoms with van der Waals surface area (Å²) in [4.78, 5) is 19.1. The normalized spacial score (nSPS) is 11.0. The van der Waals surface area contributed by atoms with Crippen molar-refractivity contribution in [1.29, 1.82) is 0 Å². The molecular weight excluding hydrogens is 432 g/mol. The molecule has 166 valence electrons. The standard InChI is InChI=1S/C21H22N6O4S/c1-11-3-4-13(20-25-12(2)26-27-20)7-15(11)30-9-14-10-32-18-16(8-24-19(22)17(14)18)31-21(29)23-5-6-28/h3-4,7-8,10,28H,5-6,9H2,1-2H3,(H2,22,24)(H,23,29)(H,25,26,27). The topological polar surface area (TPSA) is 148 Å². The molecule has 5 N–H and O–H groups in total. The highest BCUT2D eigenvalue weighted by Crippen LogP contribution is 2.37. The molecule has 4 rings (SSSR count). The van der Waals surface area contributed by atoms with E-state index in [0.29, 0.717) is 33.2 Å². The van der Waals surface area contributed by atoms with E-state index in [-0.39, 0.29) is 19.8 Å². The second-order valence-corrected chi connectivity index (χ2v) is 7.92. The lowest BCUT2D eigenvalue weighted by Crippen LogP contribution is -2.29. The van der Waals surface area contributed by atoms with Crippen LogP contribution in [0.2, 0.25) is 0 Å². The lowest BCUT2D eigenvalue weighted by Gasteiger charge is -2.11. The molecule has 11 heteroatoms. The van der Waals surface area contributed by atoms with Crippen LogP contribution >= 0.6 is 11.3 Å². The summed E-state index contributed by atoms with van der Waals surface area (Å²) < 4.78 is 12.1. The van der Waals surface area contributed by atoms with E-state index in [1.807, 2.05) is 37.4 Å². The third-order valence-corrected chi connectivity index (χ3v) is 5.74. The van der Waals surface area contributed by atoms with Gasteiger partial charge in [0.1, 0.15) is 24.0 Å². The minimum atomic E-state index is -0.673. The molecule has 0 atom stereocenters. The number of carbonyl (C=O) groups is 1. The van der Waals surface area contributed by atoms with Crippen molar-refractivity contribution in [3.63, 3.8) is 0 Å². The van der Waals surface area contributed by atoms with E-state index in [1.165, 1.54) is 17.5 Å². The first-order chi connectivity index (χ1) is 15.5. The van der Waals surface area contributed by atoms with Crippen LogP contribution in [-0.4, -0.2) is 44.5 Å². The van der Waals surface area contributed by atoms with E-state index in [4.69, 9.17) is 20.3 Å². The molecule has 0 radical (unpaired) electrons. The van der Waals surface area contributed by atoms with Gasteiger partial charge in [0.05, 0.1) is 17.5 Å². The summed E-state index contributed by atoms with van der Waals surface area (Å²) >= 11 is 1.39. The minimum Gasteiger partial charge on any atom is -0.489 e. The van der Waals surface area contributed by atoms with E-state index in [9.17, 15) is 4.79 Å². The number of aliphatic hydroxyl groups is 1. The number of aromatic amines is 1. The third kappa shape index (κ3) is 4.48. The number of ether oxygens (including phenoxy) is 2. The Morgan fingerprint density at radius 3 is 2.88 bits per heavy atom. The molecule has 0 fully saturated rings. The minimum absolute atomic E-state index is 0.0972. The molecule has 0 bridgehead atoms. The van der Waals surface area contributed by atoms with Crippen LogP contribution in [0.5, 0.6) is 11.5 Å². The number of carbonyl (C=O) groups excluding carboxylic acids is 1. The average Bonchev–Trinajstić information content (AvgIpc) is 3.41. The molecule has 10 nitrogen and oxygen atoms in total. The van der Waals surface area contributed by atoms with Gasteiger partial charge >= 0.3 is 6.09 Å². The van der Waals surface area contributed by atoms with Crippen molar-refractivity contribution in [2.75, 3.05) is 18.9 Å². The Morgan fingerprint density at radius 2 is 2.12 bits per heavy atom. The van der Waals surface area contributed by atoms with Crippen LogP contribution in [0.25, 0.3) is 21.5 Å². The van der Waals surface area contributed by atoms with Crippen molar-refractivity contribution in [2.45, 2.75) is 20.5 Å². The van der Waals surface area contributed by atoms with Crippen LogP contribution in [0.3, 0.4) is 0 Å². The number of pyridine rings is 1. The number of nitrogens with zero attached hydrogens (tertiary/aromatic N) is 3. The smallest absolute Gasteiger partial charge is 0.412 e. The summed E-state index contributed by atoms with van der Waals surface area (Å²) in [6, 6.07) is 5.82. The molecule has 1 amide bonds. The van der Waals surface area contributed by atoms with Crippen LogP contribution in [-0.2, 0) is 6.61 Å². The van der Waals surface area contributed by atoms with Crippen molar-refractivity contribution in [3.8, 4) is 22.9 Å². The molecule has 0 unspecified atom stereocenters. The van der Waals surface area contributed by atoms with Crippen molar-refractivity contribution in [1.82, 2.24) is 25.5 Å². The van der Waals surface area contributed by atoms with Gasteiger partial charge in [-0.3, -0.25) is 0 Å². The maximum atomic E-state index is 11.9. The first kappa shape index (κ1) is 21.5. The molecule has 4 aromatic rings. The van der Waals surface area contributed by atoms with Gasteiger partial charge in [0.2, 0.25) is 0 Å². The van der Waals surface area contributed by atoms with Gasteiger partial charge in [-0.25, -0.2) is 9.78 Å². The lowest BCUT2D eigenvalue weighted by atomic mass is 10.1. The predicted molar refractivity (Wildman–Crippen MR) is 121 cm³/mol. The number of nitrogen functional groups attached to an aromatic ring is 1. The summed E-state index contributed by atoms with van der Waals surface area (Å²) in [5, 5.41) is 22.0. The van der Waals surface area contributed by atoms with E-state index < -0.39 is 6.09 Å². The summed E-state index contributed by atoms with van der Waals surface area (Å²) in [6.07, 6.45) is 0.734. The fourth-order valence-corrected chi connectivity index (χ4v) is 4.12. The van der Waals surface area contributed by atoms with E-state index in [2.05, 4.69) is 25.5 Å². The fraction of sp³-hybridized carbons (Fsp3) is 0.238. The number of nitrogens with one attached hydrogen (secondary N) is 2. The lowest BCUT2D eigenvalue weighted by molar-refractivity contribution is 0.196. The second kappa shape index (κ2) is 9.20. The largest absolute Gasteiger partial charge is 0.489 e. The Labute approximate surface area is 187 Å². The first-order valence-corrected chi connectivity index (χ1v) is 10.7. The number of benzene rings is 1. The highest BCUT2D eigenvalue weighted by atomic mass is 32.1. The van der Waals surface area contributed by atoms with Gasteiger partial charge in [0, 0.05) is 23.1 Å². The van der Waals surface area contributed by atoms with Gasteiger partial charge in [0.15, 0.2) is 11.6 Å². The number of fused-ring (bicyclic) bond motifs is 1. The highest BCUT2D eigenvalue weighted by molar-refractivity contribution is 7.17. The Kier molecular flexibility index (Phi) is 6.19. The summed E-state index contributed by atoms with van der Waals surface area (Å²) in [6.45, 7) is 3.98. The van der Waals surface area contributed by atoms with E-state index >= 15 is 0 Å². The number of nitrogens with two attached hydrogens (primary N) is 1. The molecule has 0 saturated carbocycles. The number of aliphatic hydroxyl groups excluding tert-OH is 1. The maximum absolute atomic E-state index is 11.9. The number of rotatable bonds is 7. The van der Waals surface area contributed by atoms with Gasteiger partial charge < -0.3 is 30.6 Å². The number of aromatic nitrogens is 4. The SMILES string of the molecule is Cc1nnc(-c2ccc(C)c(OCc3csc4c(OC(=O)NCCO)cnc(N)c34)c2)[nH]1. The maximum Gasteiger partial charge on any atom is 0.412 e. The van der Waals surface area contributed by atoms with Crippen molar-refractivity contribution >= 4 is 33.3 Å². The average molecular weight is 455 g/mol. The van der Waals surface area contributed by atoms with Crippen LogP contribution in [0.15, 0.2) is 29.8 Å². The van der Waals surface area contributed by atoms with Crippen molar-refractivity contribution < 1.29 is 19.4 Å². The Balaban J connectivity index is 1.56. The number of H-pyrrole nitrogens is 1.